The third-order valence-electron chi connectivity index (χ3n) is 11.8. The van der Waals surface area contributed by atoms with E-state index in [-0.39, 0.29) is 0 Å². The number of benzene rings is 10. The summed E-state index contributed by atoms with van der Waals surface area (Å²) in [5, 5.41) is 24.5. The first kappa shape index (κ1) is 30.0. The summed E-state index contributed by atoms with van der Waals surface area (Å²) in [7, 11) is 0. The average molecular weight is 696 g/mol. The first-order chi connectivity index (χ1) is 27.2. The molecule has 0 aliphatic rings. The largest absolute Gasteiger partial charge is 0.309 e. The lowest BCUT2D eigenvalue weighted by molar-refractivity contribution is 1.18. The van der Waals surface area contributed by atoms with Crippen LogP contribution in [0.4, 0.5) is 0 Å². The summed E-state index contributed by atoms with van der Waals surface area (Å²) in [6, 6.07) is 63.5. The van der Waals surface area contributed by atoms with Crippen LogP contribution >= 0.6 is 0 Å². The standard InChI is InChI=1S/C52H29N3/c53-29-36-17-26-47-51-41(36)22-23-44-40(24-27-48(52(44)51)55(47)38-8-2-1-3-9-38)37-16-25-46(54-30-37)42-19-13-33-14-20-43-39(18-12-32-15-21-45(42)50(33)49(32)43)35-11-10-31-6-4-5-7-34(31)28-35/h1-28,30H. The van der Waals surface area contributed by atoms with Gasteiger partial charge >= 0.3 is 0 Å². The first-order valence-corrected chi connectivity index (χ1v) is 18.7. The van der Waals surface area contributed by atoms with Crippen molar-refractivity contribution in [3.8, 4) is 45.3 Å². The topological polar surface area (TPSA) is 41.6 Å². The van der Waals surface area contributed by atoms with E-state index in [1.165, 1.54) is 59.6 Å². The molecular formula is C52H29N3. The highest BCUT2D eigenvalue weighted by Gasteiger charge is 2.21. The third kappa shape index (κ3) is 4.22. The van der Waals surface area contributed by atoms with Crippen molar-refractivity contribution in [1.29, 1.82) is 5.26 Å². The van der Waals surface area contributed by atoms with E-state index < -0.39 is 0 Å². The minimum Gasteiger partial charge on any atom is -0.309 e. The lowest BCUT2D eigenvalue weighted by Gasteiger charge is -2.16. The van der Waals surface area contributed by atoms with Crippen molar-refractivity contribution >= 4 is 75.7 Å². The maximum absolute atomic E-state index is 10.0. The van der Waals surface area contributed by atoms with Gasteiger partial charge in [-0.3, -0.25) is 4.98 Å². The molecule has 0 bridgehead atoms. The first-order valence-electron chi connectivity index (χ1n) is 18.7. The molecular weight excluding hydrogens is 667 g/mol. The highest BCUT2D eigenvalue weighted by Crippen LogP contribution is 2.45. The van der Waals surface area contributed by atoms with Gasteiger partial charge in [0.25, 0.3) is 0 Å². The molecule has 0 radical (unpaired) electrons. The number of pyridine rings is 1. The Morgan fingerprint density at radius 3 is 1.75 bits per heavy atom. The van der Waals surface area contributed by atoms with Crippen LogP contribution in [0.2, 0.25) is 0 Å². The van der Waals surface area contributed by atoms with Crippen LogP contribution < -0.4 is 0 Å². The van der Waals surface area contributed by atoms with E-state index in [1.54, 1.807) is 0 Å². The minimum atomic E-state index is 0.691. The quantitative estimate of drug-likeness (QED) is 0.172. The average Bonchev–Trinajstić information content (AvgIpc) is 3.60. The monoisotopic (exact) mass is 695 g/mol. The van der Waals surface area contributed by atoms with Crippen LogP contribution in [0.25, 0.3) is 115 Å². The molecule has 3 heteroatoms. The van der Waals surface area contributed by atoms with Gasteiger partial charge in [0, 0.05) is 39.2 Å². The third-order valence-corrected chi connectivity index (χ3v) is 11.8. The molecule has 55 heavy (non-hydrogen) atoms. The van der Waals surface area contributed by atoms with E-state index in [0.29, 0.717) is 5.56 Å². The van der Waals surface area contributed by atoms with Crippen molar-refractivity contribution in [3.05, 3.63) is 182 Å². The molecule has 0 atom stereocenters. The Morgan fingerprint density at radius 2 is 0.982 bits per heavy atom. The highest BCUT2D eigenvalue weighted by molar-refractivity contribution is 6.29. The van der Waals surface area contributed by atoms with Crippen LogP contribution in [-0.4, -0.2) is 9.55 Å². The number of nitriles is 1. The molecule has 2 aromatic heterocycles. The number of aromatic nitrogens is 2. The summed E-state index contributed by atoms with van der Waals surface area (Å²) in [5.74, 6) is 0. The lowest BCUT2D eigenvalue weighted by atomic mass is 9.87. The number of rotatable bonds is 4. The van der Waals surface area contributed by atoms with Crippen LogP contribution in [0, 0.1) is 11.3 Å². The van der Waals surface area contributed by atoms with Crippen molar-refractivity contribution < 1.29 is 0 Å². The Hall–Kier alpha value is -7.54. The Labute approximate surface area is 316 Å². The summed E-state index contributed by atoms with van der Waals surface area (Å²) in [5.41, 5.74) is 10.8. The molecule has 0 amide bonds. The fourth-order valence-corrected chi connectivity index (χ4v) is 9.31. The fraction of sp³-hybridized carbons (Fsp3) is 0. The van der Waals surface area contributed by atoms with Gasteiger partial charge in [-0.1, -0.05) is 127 Å². The molecule has 12 aromatic rings. The number of fused-ring (bicyclic) bond motifs is 1. The van der Waals surface area contributed by atoms with Crippen LogP contribution in [-0.2, 0) is 0 Å². The number of nitrogens with zero attached hydrogens (tertiary/aromatic N) is 3. The van der Waals surface area contributed by atoms with E-state index in [1.807, 2.05) is 18.3 Å². The maximum Gasteiger partial charge on any atom is 0.0998 e. The lowest BCUT2D eigenvalue weighted by Crippen LogP contribution is -1.93. The van der Waals surface area contributed by atoms with Crippen LogP contribution in [0.3, 0.4) is 0 Å². The van der Waals surface area contributed by atoms with E-state index in [0.717, 1.165) is 55.3 Å². The summed E-state index contributed by atoms with van der Waals surface area (Å²) in [4.78, 5) is 5.14. The van der Waals surface area contributed by atoms with Crippen molar-refractivity contribution in [2.45, 2.75) is 0 Å². The van der Waals surface area contributed by atoms with Gasteiger partial charge in [-0.25, -0.2) is 0 Å². The normalized spacial score (nSPS) is 12.0. The Kier molecular flexibility index (Phi) is 6.12. The molecule has 12 rings (SSSR count). The summed E-state index contributed by atoms with van der Waals surface area (Å²) in [6.45, 7) is 0. The van der Waals surface area contributed by atoms with Crippen molar-refractivity contribution in [2.24, 2.45) is 0 Å². The predicted molar refractivity (Wildman–Crippen MR) is 230 cm³/mol. The zero-order chi connectivity index (χ0) is 36.2. The SMILES string of the molecule is N#Cc1ccc2c3c1ccc1c(-c4ccc(-c5ccc6ccc7c(-c8ccc9ccccc9c8)ccc8ccc5c6c87)nc4)ccc(c13)n2-c1ccccc1. The van der Waals surface area contributed by atoms with Crippen molar-refractivity contribution in [2.75, 3.05) is 0 Å². The number of hydrogen-bond donors (Lipinski definition) is 0. The van der Waals surface area contributed by atoms with Gasteiger partial charge in [-0.2, -0.15) is 5.26 Å². The predicted octanol–water partition coefficient (Wildman–Crippen LogP) is 13.7. The van der Waals surface area contributed by atoms with E-state index in [9.17, 15) is 5.26 Å². The molecule has 0 saturated carbocycles. The second-order valence-electron chi connectivity index (χ2n) is 14.6. The zero-order valence-electron chi connectivity index (χ0n) is 29.6. The van der Waals surface area contributed by atoms with Crippen LogP contribution in [0.1, 0.15) is 5.56 Å². The van der Waals surface area contributed by atoms with E-state index in [4.69, 9.17) is 4.98 Å². The van der Waals surface area contributed by atoms with Gasteiger partial charge in [-0.15, -0.1) is 0 Å². The van der Waals surface area contributed by atoms with E-state index >= 15 is 0 Å². The Morgan fingerprint density at radius 1 is 0.418 bits per heavy atom. The molecule has 252 valence electrons. The Balaban J connectivity index is 1.00. The van der Waals surface area contributed by atoms with E-state index in [2.05, 4.69) is 168 Å². The molecule has 3 nitrogen and oxygen atoms in total. The van der Waals surface area contributed by atoms with Gasteiger partial charge in [0.1, 0.15) is 0 Å². The van der Waals surface area contributed by atoms with Crippen molar-refractivity contribution in [1.82, 2.24) is 9.55 Å². The highest BCUT2D eigenvalue weighted by atomic mass is 15.0. The molecule has 0 N–H and O–H groups in total. The summed E-state index contributed by atoms with van der Waals surface area (Å²) >= 11 is 0. The molecule has 0 fully saturated rings. The van der Waals surface area contributed by atoms with Crippen LogP contribution in [0.5, 0.6) is 0 Å². The fourth-order valence-electron chi connectivity index (χ4n) is 9.31. The van der Waals surface area contributed by atoms with Gasteiger partial charge < -0.3 is 4.57 Å². The minimum absolute atomic E-state index is 0.691. The number of para-hydroxylation sites is 1. The Bertz CT molecular complexity index is 3530. The zero-order valence-corrected chi connectivity index (χ0v) is 29.6. The second kappa shape index (κ2) is 11.2. The maximum atomic E-state index is 10.0. The van der Waals surface area contributed by atoms with Gasteiger partial charge in [0.15, 0.2) is 0 Å². The van der Waals surface area contributed by atoms with Crippen LogP contribution in [0.15, 0.2) is 176 Å². The molecule has 0 aliphatic carbocycles. The summed E-state index contributed by atoms with van der Waals surface area (Å²) in [6.07, 6.45) is 2.02. The summed E-state index contributed by atoms with van der Waals surface area (Å²) < 4.78 is 2.32. The molecule has 0 unspecified atom stereocenters. The van der Waals surface area contributed by atoms with Gasteiger partial charge in [0.05, 0.1) is 28.4 Å². The van der Waals surface area contributed by atoms with Gasteiger partial charge in [-0.05, 0) is 108 Å². The molecule has 10 aromatic carbocycles. The molecule has 0 spiro atoms. The van der Waals surface area contributed by atoms with Crippen molar-refractivity contribution in [3.63, 3.8) is 0 Å². The molecule has 2 heterocycles. The van der Waals surface area contributed by atoms with Gasteiger partial charge in [0.2, 0.25) is 0 Å². The smallest absolute Gasteiger partial charge is 0.0998 e. The number of hydrogen-bond acceptors (Lipinski definition) is 2. The molecule has 0 aliphatic heterocycles. The molecule has 0 saturated heterocycles. The second-order valence-corrected chi connectivity index (χ2v) is 14.6.